The van der Waals surface area contributed by atoms with E-state index >= 15 is 0 Å². The molecular formula is C9H11N2OS+. The Morgan fingerprint density at radius 3 is 3.15 bits per heavy atom. The number of hydrogen-bond donors (Lipinski definition) is 1. The lowest BCUT2D eigenvalue weighted by Gasteiger charge is -2.06. The maximum absolute atomic E-state index is 11.7. The molecule has 68 valence electrons. The number of carbonyl (C=O) groups excluding carboxylic acids is 1. The smallest absolute Gasteiger partial charge is 0.302 e. The summed E-state index contributed by atoms with van der Waals surface area (Å²) in [5, 5.41) is 5.09. The van der Waals surface area contributed by atoms with Gasteiger partial charge < -0.3 is 5.32 Å². The van der Waals surface area contributed by atoms with Crippen molar-refractivity contribution in [1.82, 2.24) is 5.32 Å². The summed E-state index contributed by atoms with van der Waals surface area (Å²) in [6.07, 6.45) is 1.91. The molecule has 3 nitrogen and oxygen atoms in total. The third-order valence-corrected chi connectivity index (χ3v) is 2.84. The van der Waals surface area contributed by atoms with Crippen molar-refractivity contribution in [2.75, 3.05) is 19.6 Å². The number of rotatable bonds is 1. The average Bonchev–Trinajstić information content (AvgIpc) is 2.71. The van der Waals surface area contributed by atoms with Crippen molar-refractivity contribution in [3.8, 4) is 0 Å². The summed E-state index contributed by atoms with van der Waals surface area (Å²) >= 11 is 1.49. The van der Waals surface area contributed by atoms with Crippen LogP contribution >= 0.6 is 11.3 Å². The van der Waals surface area contributed by atoms with Crippen molar-refractivity contribution in [3.63, 3.8) is 0 Å². The maximum atomic E-state index is 11.7. The zero-order valence-electron chi connectivity index (χ0n) is 7.19. The van der Waals surface area contributed by atoms with E-state index in [-0.39, 0.29) is 5.91 Å². The Balaban J connectivity index is 2.17. The summed E-state index contributed by atoms with van der Waals surface area (Å²) in [6, 6.07) is 3.77. The van der Waals surface area contributed by atoms with Gasteiger partial charge in [-0.1, -0.05) is 6.07 Å². The highest BCUT2D eigenvalue weighted by atomic mass is 32.1. The van der Waals surface area contributed by atoms with E-state index in [1.54, 1.807) is 4.58 Å². The molecule has 4 heteroatoms. The van der Waals surface area contributed by atoms with Gasteiger partial charge in [0.15, 0.2) is 12.8 Å². The van der Waals surface area contributed by atoms with Crippen LogP contribution in [-0.2, 0) is 0 Å². The number of amides is 1. The second-order valence-corrected chi connectivity index (χ2v) is 3.81. The molecule has 0 aromatic carbocycles. The van der Waals surface area contributed by atoms with E-state index in [0.29, 0.717) is 0 Å². The molecule has 2 heterocycles. The monoisotopic (exact) mass is 195 g/mol. The minimum atomic E-state index is 0.122. The molecule has 2 rings (SSSR count). The van der Waals surface area contributed by atoms with E-state index in [2.05, 4.69) is 5.32 Å². The lowest BCUT2D eigenvalue weighted by molar-refractivity contribution is -0.426. The maximum Gasteiger partial charge on any atom is 0.429 e. The predicted molar refractivity (Wildman–Crippen MR) is 52.7 cm³/mol. The molecule has 0 atom stereocenters. The molecule has 1 N–H and O–H groups in total. The molecule has 0 saturated heterocycles. The third-order valence-electron chi connectivity index (χ3n) is 1.98. The van der Waals surface area contributed by atoms with Gasteiger partial charge in [0.05, 0.1) is 13.1 Å². The van der Waals surface area contributed by atoms with Crippen molar-refractivity contribution < 1.29 is 9.37 Å². The van der Waals surface area contributed by atoms with Gasteiger partial charge in [-0.15, -0.1) is 11.3 Å². The molecular weight excluding hydrogens is 184 g/mol. The van der Waals surface area contributed by atoms with Gasteiger partial charge in [0.2, 0.25) is 0 Å². The lowest BCUT2D eigenvalue weighted by Crippen LogP contribution is -2.38. The summed E-state index contributed by atoms with van der Waals surface area (Å²) in [4.78, 5) is 12.6. The van der Waals surface area contributed by atoms with E-state index in [1.165, 1.54) is 11.3 Å². The average molecular weight is 195 g/mol. The van der Waals surface area contributed by atoms with E-state index in [9.17, 15) is 4.79 Å². The molecule has 0 spiro atoms. The number of hydrogen-bond acceptors (Lipinski definition) is 3. The normalized spacial score (nSPS) is 16.8. The van der Waals surface area contributed by atoms with Gasteiger partial charge in [0.25, 0.3) is 0 Å². The Hall–Kier alpha value is -1.00. The fraction of sp³-hybridized carbons (Fsp3) is 0.333. The Morgan fingerprint density at radius 2 is 2.54 bits per heavy atom. The Bertz CT molecular complexity index is 329. The van der Waals surface area contributed by atoms with Crippen LogP contribution in [0.2, 0.25) is 0 Å². The van der Waals surface area contributed by atoms with Gasteiger partial charge in [-0.2, -0.15) is 4.58 Å². The Morgan fingerprint density at radius 1 is 1.62 bits per heavy atom. The van der Waals surface area contributed by atoms with Crippen LogP contribution in [0, 0.1) is 0 Å². The molecule has 1 aliphatic heterocycles. The Kier molecular flexibility index (Phi) is 2.52. The highest BCUT2D eigenvalue weighted by Crippen LogP contribution is 2.09. The molecule has 0 aliphatic carbocycles. The number of nitrogens with zero attached hydrogens (tertiary/aromatic N) is 1. The first-order valence-electron chi connectivity index (χ1n) is 4.26. The third kappa shape index (κ3) is 1.84. The lowest BCUT2D eigenvalue weighted by atomic mass is 10.4. The van der Waals surface area contributed by atoms with Crippen molar-refractivity contribution in [2.24, 2.45) is 0 Å². The van der Waals surface area contributed by atoms with E-state index in [1.807, 2.05) is 23.7 Å². The van der Waals surface area contributed by atoms with Crippen LogP contribution in [0.4, 0.5) is 0 Å². The molecule has 1 amide bonds. The molecule has 1 aromatic heterocycles. The largest absolute Gasteiger partial charge is 0.429 e. The van der Waals surface area contributed by atoms with Crippen LogP contribution in [0.3, 0.4) is 0 Å². The molecule has 0 saturated carbocycles. The zero-order valence-corrected chi connectivity index (χ0v) is 8.01. The van der Waals surface area contributed by atoms with Gasteiger partial charge in [0.1, 0.15) is 4.88 Å². The molecule has 1 aromatic rings. The first kappa shape index (κ1) is 8.59. The number of thiophene rings is 1. The van der Waals surface area contributed by atoms with Gasteiger partial charge in [-0.05, 0) is 11.4 Å². The van der Waals surface area contributed by atoms with Gasteiger partial charge in [-0.3, -0.25) is 0 Å². The van der Waals surface area contributed by atoms with Crippen LogP contribution in [-0.4, -0.2) is 36.3 Å². The summed E-state index contributed by atoms with van der Waals surface area (Å²) < 4.78 is 1.78. The van der Waals surface area contributed by atoms with Crippen molar-refractivity contribution >= 4 is 23.5 Å². The molecule has 0 bridgehead atoms. The van der Waals surface area contributed by atoms with E-state index < -0.39 is 0 Å². The van der Waals surface area contributed by atoms with Crippen molar-refractivity contribution in [1.29, 1.82) is 0 Å². The summed E-state index contributed by atoms with van der Waals surface area (Å²) in [5.41, 5.74) is 0. The van der Waals surface area contributed by atoms with Gasteiger partial charge in [0, 0.05) is 0 Å². The minimum Gasteiger partial charge on any atom is -0.302 e. The zero-order chi connectivity index (χ0) is 9.10. The van der Waals surface area contributed by atoms with Crippen LogP contribution in [0.25, 0.3) is 0 Å². The predicted octanol–water partition coefficient (Wildman–Crippen LogP) is 0.575. The summed E-state index contributed by atoms with van der Waals surface area (Å²) in [7, 11) is 0. The first-order chi connectivity index (χ1) is 6.38. The van der Waals surface area contributed by atoms with Crippen LogP contribution in [0.1, 0.15) is 9.67 Å². The Labute approximate surface area is 80.7 Å². The second-order valence-electron chi connectivity index (χ2n) is 2.86. The first-order valence-corrected chi connectivity index (χ1v) is 5.14. The fourth-order valence-corrected chi connectivity index (χ4v) is 1.97. The topological polar surface area (TPSA) is 32.1 Å². The molecule has 1 aliphatic rings. The summed E-state index contributed by atoms with van der Waals surface area (Å²) in [5.74, 6) is 0.122. The van der Waals surface area contributed by atoms with E-state index in [4.69, 9.17) is 0 Å². The standard InChI is InChI=1S/C9H11N2OS/c12-9(8-2-1-7-13-8)11-5-3-10-4-6-11/h1-2,5,7,10H,3-4,6H2/q+1. The highest BCUT2D eigenvalue weighted by Gasteiger charge is 2.21. The van der Waals surface area contributed by atoms with Gasteiger partial charge in [-0.25, -0.2) is 4.79 Å². The molecule has 0 radical (unpaired) electrons. The van der Waals surface area contributed by atoms with Gasteiger partial charge >= 0.3 is 5.91 Å². The number of carbonyl (C=O) groups is 1. The minimum absolute atomic E-state index is 0.122. The van der Waals surface area contributed by atoms with Crippen LogP contribution in [0.5, 0.6) is 0 Å². The van der Waals surface area contributed by atoms with Crippen LogP contribution < -0.4 is 5.32 Å². The molecule has 0 unspecified atom stereocenters. The fourth-order valence-electron chi connectivity index (χ4n) is 1.29. The quantitative estimate of drug-likeness (QED) is 0.665. The molecule has 13 heavy (non-hydrogen) atoms. The number of nitrogens with one attached hydrogen (secondary N) is 1. The highest BCUT2D eigenvalue weighted by molar-refractivity contribution is 7.11. The second kappa shape index (κ2) is 3.81. The van der Waals surface area contributed by atoms with Crippen LogP contribution in [0.15, 0.2) is 17.5 Å². The van der Waals surface area contributed by atoms with Crippen molar-refractivity contribution in [2.45, 2.75) is 0 Å². The molecule has 0 fully saturated rings. The SMILES string of the molecule is O=C(c1cccs1)[N+]1=CCNCC1. The van der Waals surface area contributed by atoms with Crippen molar-refractivity contribution in [3.05, 3.63) is 22.4 Å². The summed E-state index contributed by atoms with van der Waals surface area (Å²) in [6.45, 7) is 2.45. The van der Waals surface area contributed by atoms with E-state index in [0.717, 1.165) is 24.5 Å².